The molecule has 3 N–H and O–H groups in total. The normalized spacial score (nSPS) is 15.6. The molecule has 0 radical (unpaired) electrons. The van der Waals surface area contributed by atoms with Crippen LogP contribution in [0.25, 0.3) is 10.9 Å². The van der Waals surface area contributed by atoms with Crippen LogP contribution in [0.2, 0.25) is 0 Å². The number of rotatable bonds is 5. The van der Waals surface area contributed by atoms with E-state index in [1.807, 2.05) is 24.3 Å². The zero-order chi connectivity index (χ0) is 21.1. The van der Waals surface area contributed by atoms with Crippen molar-refractivity contribution in [3.8, 4) is 5.75 Å². The summed E-state index contributed by atoms with van der Waals surface area (Å²) < 4.78 is 5.18. The summed E-state index contributed by atoms with van der Waals surface area (Å²) in [6.07, 6.45) is 1.81. The fraction of sp³-hybridized carbons (Fsp3) is 0.182. The third-order valence-corrected chi connectivity index (χ3v) is 4.89. The summed E-state index contributed by atoms with van der Waals surface area (Å²) in [5, 5.41) is 9.06. The Morgan fingerprint density at radius 1 is 1.17 bits per heavy atom. The Morgan fingerprint density at radius 3 is 2.83 bits per heavy atom. The molecule has 0 bridgehead atoms. The van der Waals surface area contributed by atoms with E-state index >= 15 is 0 Å². The molecule has 0 saturated carbocycles. The first-order valence-electron chi connectivity index (χ1n) is 9.48. The first-order valence-corrected chi connectivity index (χ1v) is 9.48. The minimum Gasteiger partial charge on any atom is -0.497 e. The average Bonchev–Trinajstić information content (AvgIpc) is 2.87. The minimum absolute atomic E-state index is 0.0648. The molecule has 1 aliphatic heterocycles. The van der Waals surface area contributed by atoms with Crippen LogP contribution in [0.4, 0.5) is 11.4 Å². The second kappa shape index (κ2) is 8.20. The lowest BCUT2D eigenvalue weighted by molar-refractivity contribution is -0.118. The molecule has 0 spiro atoms. The number of benzene rings is 2. The smallest absolute Gasteiger partial charge is 0.254 e. The van der Waals surface area contributed by atoms with Crippen molar-refractivity contribution in [2.75, 3.05) is 17.7 Å². The number of anilines is 2. The van der Waals surface area contributed by atoms with Crippen molar-refractivity contribution < 1.29 is 19.1 Å². The molecule has 4 rings (SSSR count). The molecule has 1 aromatic heterocycles. The Kier molecular flexibility index (Phi) is 5.30. The van der Waals surface area contributed by atoms with Crippen LogP contribution in [0.3, 0.4) is 0 Å². The Hall–Kier alpha value is -3.94. The fourth-order valence-corrected chi connectivity index (χ4v) is 3.31. The van der Waals surface area contributed by atoms with Gasteiger partial charge in [-0.15, -0.1) is 0 Å². The Morgan fingerprint density at radius 2 is 2.00 bits per heavy atom. The van der Waals surface area contributed by atoms with Gasteiger partial charge in [-0.2, -0.15) is 0 Å². The first-order chi connectivity index (χ1) is 14.5. The van der Waals surface area contributed by atoms with Crippen LogP contribution in [0.15, 0.2) is 54.7 Å². The monoisotopic (exact) mass is 404 g/mol. The first kappa shape index (κ1) is 19.4. The molecule has 3 aromatic rings. The lowest BCUT2D eigenvalue weighted by Gasteiger charge is -2.14. The van der Waals surface area contributed by atoms with E-state index in [-0.39, 0.29) is 30.6 Å². The largest absolute Gasteiger partial charge is 0.497 e. The predicted octanol–water partition coefficient (Wildman–Crippen LogP) is 2.71. The van der Waals surface area contributed by atoms with Crippen molar-refractivity contribution >= 4 is 40.0 Å². The highest BCUT2D eigenvalue weighted by atomic mass is 16.5. The van der Waals surface area contributed by atoms with Crippen molar-refractivity contribution in [3.63, 3.8) is 0 Å². The molecule has 1 atom stereocenters. The number of carbonyl (C=O) groups excluding carboxylic acids is 3. The Bertz CT molecular complexity index is 1140. The third kappa shape index (κ3) is 4.07. The molecule has 0 unspecified atom stereocenters. The van der Waals surface area contributed by atoms with Gasteiger partial charge in [0.2, 0.25) is 11.8 Å². The maximum Gasteiger partial charge on any atom is 0.254 e. The van der Waals surface area contributed by atoms with E-state index in [9.17, 15) is 14.4 Å². The van der Waals surface area contributed by atoms with Crippen LogP contribution in [0, 0.1) is 0 Å². The molecule has 152 valence electrons. The lowest BCUT2D eigenvalue weighted by Crippen LogP contribution is -2.41. The molecule has 0 saturated heterocycles. The number of pyridine rings is 1. The molecule has 0 aliphatic carbocycles. The maximum absolute atomic E-state index is 12.4. The van der Waals surface area contributed by atoms with Gasteiger partial charge in [0.05, 0.1) is 35.8 Å². The van der Waals surface area contributed by atoms with Crippen molar-refractivity contribution in [3.05, 3.63) is 60.3 Å². The molecule has 8 heteroatoms. The van der Waals surface area contributed by atoms with E-state index in [0.717, 1.165) is 10.9 Å². The number of nitrogens with zero attached hydrogens (tertiary/aromatic N) is 1. The maximum atomic E-state index is 12.4. The van der Waals surface area contributed by atoms with Gasteiger partial charge in [-0.1, -0.05) is 12.1 Å². The summed E-state index contributed by atoms with van der Waals surface area (Å²) >= 11 is 0. The summed E-state index contributed by atoms with van der Waals surface area (Å²) in [5.41, 5.74) is 2.17. The highest BCUT2D eigenvalue weighted by Gasteiger charge is 2.27. The van der Waals surface area contributed by atoms with Crippen LogP contribution in [-0.4, -0.2) is 35.9 Å². The van der Waals surface area contributed by atoms with Crippen molar-refractivity contribution in [2.24, 2.45) is 0 Å². The van der Waals surface area contributed by atoms with E-state index < -0.39 is 6.04 Å². The molecule has 2 aromatic carbocycles. The van der Waals surface area contributed by atoms with Crippen molar-refractivity contribution in [2.45, 2.75) is 18.9 Å². The van der Waals surface area contributed by atoms with E-state index in [0.29, 0.717) is 22.7 Å². The van der Waals surface area contributed by atoms with Gasteiger partial charge in [0.15, 0.2) is 0 Å². The summed E-state index contributed by atoms with van der Waals surface area (Å²) in [6, 6.07) is 13.3. The Labute approximate surface area is 172 Å². The topological polar surface area (TPSA) is 109 Å². The quantitative estimate of drug-likeness (QED) is 0.606. The fourth-order valence-electron chi connectivity index (χ4n) is 3.31. The minimum atomic E-state index is -0.794. The third-order valence-electron chi connectivity index (χ3n) is 4.89. The zero-order valence-corrected chi connectivity index (χ0v) is 16.3. The molecule has 3 amide bonds. The van der Waals surface area contributed by atoms with Crippen molar-refractivity contribution in [1.29, 1.82) is 0 Å². The van der Waals surface area contributed by atoms with E-state index in [1.54, 1.807) is 37.6 Å². The highest BCUT2D eigenvalue weighted by Crippen LogP contribution is 2.22. The van der Waals surface area contributed by atoms with Crippen molar-refractivity contribution in [1.82, 2.24) is 10.3 Å². The summed E-state index contributed by atoms with van der Waals surface area (Å²) in [6.45, 7) is 0. The molecular formula is C22H20N4O4. The number of ether oxygens (including phenoxy) is 1. The van der Waals surface area contributed by atoms with Gasteiger partial charge in [0.1, 0.15) is 11.8 Å². The SMILES string of the molecule is COc1ccc2cc(NC(=O)CC[C@H]3NC(=O)c4ccccc4NC3=O)cnc2c1. The number of hydrogen-bond donors (Lipinski definition) is 3. The average molecular weight is 404 g/mol. The van der Waals surface area contributed by atoms with Gasteiger partial charge in [-0.05, 0) is 36.8 Å². The van der Waals surface area contributed by atoms with Crippen LogP contribution in [0.1, 0.15) is 23.2 Å². The molecule has 30 heavy (non-hydrogen) atoms. The predicted molar refractivity (Wildman–Crippen MR) is 112 cm³/mol. The molecule has 2 heterocycles. The molecule has 0 fully saturated rings. The van der Waals surface area contributed by atoms with Crippen LogP contribution < -0.4 is 20.7 Å². The number of para-hydroxylation sites is 1. The number of aromatic nitrogens is 1. The van der Waals surface area contributed by atoms with E-state index in [4.69, 9.17) is 4.74 Å². The van der Waals surface area contributed by atoms with Gasteiger partial charge in [0, 0.05) is 17.9 Å². The number of amides is 3. The molecular weight excluding hydrogens is 384 g/mol. The number of hydrogen-bond acceptors (Lipinski definition) is 5. The highest BCUT2D eigenvalue weighted by molar-refractivity contribution is 6.10. The van der Waals surface area contributed by atoms with Crippen LogP contribution in [-0.2, 0) is 9.59 Å². The van der Waals surface area contributed by atoms with E-state index in [1.165, 1.54) is 0 Å². The van der Waals surface area contributed by atoms with Crippen LogP contribution >= 0.6 is 0 Å². The zero-order valence-electron chi connectivity index (χ0n) is 16.3. The Balaban J connectivity index is 1.38. The summed E-state index contributed by atoms with van der Waals surface area (Å²) in [4.78, 5) is 41.5. The molecule has 1 aliphatic rings. The van der Waals surface area contributed by atoms with E-state index in [2.05, 4.69) is 20.9 Å². The van der Waals surface area contributed by atoms with Crippen LogP contribution in [0.5, 0.6) is 5.75 Å². The second-order valence-electron chi connectivity index (χ2n) is 6.93. The number of fused-ring (bicyclic) bond motifs is 2. The van der Waals surface area contributed by atoms with Gasteiger partial charge in [0.25, 0.3) is 5.91 Å². The number of nitrogens with one attached hydrogen (secondary N) is 3. The number of methoxy groups -OCH3 is 1. The standard InChI is InChI=1S/C22H20N4O4/c1-30-15-7-6-13-10-14(12-23-19(13)11-15)24-20(27)9-8-18-22(29)25-17-5-3-2-4-16(17)21(28)26-18/h2-7,10-12,18H,8-9H2,1H3,(H,24,27)(H,25,29)(H,26,28)/t18-/m1/s1. The summed E-state index contributed by atoms with van der Waals surface area (Å²) in [5.74, 6) is -0.253. The summed E-state index contributed by atoms with van der Waals surface area (Å²) in [7, 11) is 1.59. The van der Waals surface area contributed by atoms with Gasteiger partial charge in [-0.3, -0.25) is 19.4 Å². The molecule has 8 nitrogen and oxygen atoms in total. The lowest BCUT2D eigenvalue weighted by atomic mass is 10.1. The van der Waals surface area contributed by atoms with Gasteiger partial charge >= 0.3 is 0 Å². The van der Waals surface area contributed by atoms with Gasteiger partial charge in [-0.25, -0.2) is 0 Å². The van der Waals surface area contributed by atoms with Gasteiger partial charge < -0.3 is 20.7 Å². The number of carbonyl (C=O) groups is 3. The second-order valence-corrected chi connectivity index (χ2v) is 6.93.